The van der Waals surface area contributed by atoms with Crippen molar-refractivity contribution in [3.05, 3.63) is 30.0 Å². The van der Waals surface area contributed by atoms with Gasteiger partial charge >= 0.3 is 0 Å². The van der Waals surface area contributed by atoms with Gasteiger partial charge in [0.1, 0.15) is 24.3 Å². The van der Waals surface area contributed by atoms with E-state index in [1.54, 1.807) is 0 Å². The van der Waals surface area contributed by atoms with E-state index in [0.717, 1.165) is 36.4 Å². The molecular weight excluding hydrogens is 372 g/mol. The molecule has 29 heavy (non-hydrogen) atoms. The van der Waals surface area contributed by atoms with Crippen LogP contribution in [-0.4, -0.2) is 47.8 Å². The Morgan fingerprint density at radius 1 is 1.41 bits per heavy atom. The van der Waals surface area contributed by atoms with Crippen molar-refractivity contribution in [2.75, 3.05) is 35.7 Å². The summed E-state index contributed by atoms with van der Waals surface area (Å²) in [6, 6.07) is 6.07. The quantitative estimate of drug-likeness (QED) is 0.535. The Bertz CT molecular complexity index is 887. The van der Waals surface area contributed by atoms with Crippen molar-refractivity contribution in [1.82, 2.24) is 9.97 Å². The zero-order valence-electron chi connectivity index (χ0n) is 16.4. The Balaban J connectivity index is 1.48. The monoisotopic (exact) mass is 398 g/mol. The van der Waals surface area contributed by atoms with E-state index >= 15 is 0 Å². The highest BCUT2D eigenvalue weighted by Gasteiger charge is 2.24. The lowest BCUT2D eigenvalue weighted by molar-refractivity contribution is 0.0318. The molecule has 0 unspecified atom stereocenters. The average molecular weight is 398 g/mol. The van der Waals surface area contributed by atoms with E-state index in [1.807, 2.05) is 18.2 Å². The predicted molar refractivity (Wildman–Crippen MR) is 111 cm³/mol. The first-order valence-corrected chi connectivity index (χ1v) is 9.95. The normalized spacial score (nSPS) is 18.0. The molecule has 4 rings (SSSR count). The lowest BCUT2D eigenvalue weighted by Crippen LogP contribution is -2.27. The fourth-order valence-electron chi connectivity index (χ4n) is 3.01. The summed E-state index contributed by atoms with van der Waals surface area (Å²) >= 11 is 0. The molecule has 9 nitrogen and oxygen atoms in total. The van der Waals surface area contributed by atoms with E-state index < -0.39 is 5.91 Å². The fraction of sp³-hybridized carbons (Fsp3) is 0.450. The second-order valence-electron chi connectivity index (χ2n) is 7.26. The molecule has 1 amide bonds. The summed E-state index contributed by atoms with van der Waals surface area (Å²) < 4.78 is 11.6. The molecular formula is C20H26N6O3. The van der Waals surface area contributed by atoms with Gasteiger partial charge in [0, 0.05) is 31.1 Å². The number of hydrogen-bond acceptors (Lipinski definition) is 8. The van der Waals surface area contributed by atoms with Crippen molar-refractivity contribution in [1.29, 1.82) is 0 Å². The number of fused-ring (bicyclic) bond motifs is 1. The van der Waals surface area contributed by atoms with Gasteiger partial charge in [-0.05, 0) is 37.5 Å². The molecule has 9 heteroatoms. The number of hydrogen-bond donors (Lipinski definition) is 4. The van der Waals surface area contributed by atoms with E-state index in [0.29, 0.717) is 37.6 Å². The Morgan fingerprint density at radius 3 is 3.03 bits per heavy atom. The SMILES string of the molecule is CCCO[C@H]1CNc2cc(Nc3ncc(C(N)=O)c(NC4CC4)n3)ccc2OC1. The van der Waals surface area contributed by atoms with Gasteiger partial charge in [0.15, 0.2) is 0 Å². The van der Waals surface area contributed by atoms with Crippen molar-refractivity contribution in [2.45, 2.75) is 38.3 Å². The molecule has 1 saturated carbocycles. The zero-order valence-corrected chi connectivity index (χ0v) is 16.4. The van der Waals surface area contributed by atoms with E-state index in [2.05, 4.69) is 32.8 Å². The van der Waals surface area contributed by atoms with Gasteiger partial charge < -0.3 is 31.2 Å². The molecule has 1 aromatic heterocycles. The van der Waals surface area contributed by atoms with Crippen molar-refractivity contribution < 1.29 is 14.3 Å². The molecule has 2 heterocycles. The molecule has 1 atom stereocenters. The first kappa shape index (κ1) is 19.3. The third kappa shape index (κ3) is 4.86. The minimum atomic E-state index is -0.550. The van der Waals surface area contributed by atoms with Gasteiger partial charge in [-0.3, -0.25) is 4.79 Å². The molecule has 2 aliphatic rings. The summed E-state index contributed by atoms with van der Waals surface area (Å²) in [5.41, 5.74) is 7.40. The van der Waals surface area contributed by atoms with Crippen LogP contribution in [0.15, 0.2) is 24.4 Å². The Kier molecular flexibility index (Phi) is 5.66. The number of aromatic nitrogens is 2. The molecule has 0 saturated heterocycles. The van der Waals surface area contributed by atoms with Gasteiger partial charge in [-0.15, -0.1) is 0 Å². The van der Waals surface area contributed by atoms with Crippen LogP contribution in [0.5, 0.6) is 5.75 Å². The van der Waals surface area contributed by atoms with Crippen molar-refractivity contribution in [3.63, 3.8) is 0 Å². The van der Waals surface area contributed by atoms with E-state index in [1.165, 1.54) is 6.20 Å². The number of nitrogens with one attached hydrogen (secondary N) is 3. The van der Waals surface area contributed by atoms with E-state index in [9.17, 15) is 4.79 Å². The van der Waals surface area contributed by atoms with Crippen molar-refractivity contribution >= 4 is 29.0 Å². The standard InChI is InChI=1S/C20H26N6O3/c1-2-7-28-14-9-22-16-8-13(5-6-17(16)29-11-14)25-20-23-10-15(18(21)27)19(26-20)24-12-3-4-12/h5-6,8,10,12,14,22H,2-4,7,9,11H2,1H3,(H2,21,27)(H2,23,24,25,26)/t14-/m0/s1. The molecule has 0 radical (unpaired) electrons. The van der Waals surface area contributed by atoms with Gasteiger partial charge in [0.25, 0.3) is 5.91 Å². The summed E-state index contributed by atoms with van der Waals surface area (Å²) in [5, 5.41) is 9.79. The van der Waals surface area contributed by atoms with Crippen LogP contribution in [0.25, 0.3) is 0 Å². The highest BCUT2D eigenvalue weighted by molar-refractivity contribution is 5.97. The molecule has 154 valence electrons. The van der Waals surface area contributed by atoms with Crippen molar-refractivity contribution in [2.24, 2.45) is 5.73 Å². The third-order valence-corrected chi connectivity index (χ3v) is 4.71. The number of carbonyl (C=O) groups is 1. The second kappa shape index (κ2) is 8.52. The smallest absolute Gasteiger partial charge is 0.254 e. The topological polar surface area (TPSA) is 123 Å². The molecule has 0 bridgehead atoms. The van der Waals surface area contributed by atoms with Crippen LogP contribution in [0.4, 0.5) is 23.1 Å². The first-order chi connectivity index (χ1) is 14.1. The molecule has 1 aromatic carbocycles. The van der Waals surface area contributed by atoms with Crippen molar-refractivity contribution in [3.8, 4) is 5.75 Å². The number of benzene rings is 1. The maximum absolute atomic E-state index is 11.6. The Hall–Kier alpha value is -3.07. The number of primary amides is 1. The van der Waals surface area contributed by atoms with Gasteiger partial charge in [-0.1, -0.05) is 6.92 Å². The number of nitrogens with zero attached hydrogens (tertiary/aromatic N) is 2. The fourth-order valence-corrected chi connectivity index (χ4v) is 3.01. The van der Waals surface area contributed by atoms with Gasteiger partial charge in [0.05, 0.1) is 11.3 Å². The van der Waals surface area contributed by atoms with Crippen LogP contribution in [-0.2, 0) is 4.74 Å². The Morgan fingerprint density at radius 2 is 2.28 bits per heavy atom. The summed E-state index contributed by atoms with van der Waals surface area (Å²) in [7, 11) is 0. The lowest BCUT2D eigenvalue weighted by atomic mass is 10.2. The minimum absolute atomic E-state index is 0.0134. The third-order valence-electron chi connectivity index (χ3n) is 4.71. The molecule has 2 aromatic rings. The maximum Gasteiger partial charge on any atom is 0.254 e. The summed E-state index contributed by atoms with van der Waals surface area (Å²) in [4.78, 5) is 20.3. The van der Waals surface area contributed by atoms with Crippen LogP contribution in [0, 0.1) is 0 Å². The van der Waals surface area contributed by atoms with Gasteiger partial charge in [-0.2, -0.15) is 4.98 Å². The second-order valence-corrected chi connectivity index (χ2v) is 7.26. The largest absolute Gasteiger partial charge is 0.489 e. The van der Waals surface area contributed by atoms with E-state index in [-0.39, 0.29) is 11.7 Å². The number of rotatable bonds is 8. The first-order valence-electron chi connectivity index (χ1n) is 9.95. The maximum atomic E-state index is 11.6. The van der Waals surface area contributed by atoms with Crippen LogP contribution in [0.3, 0.4) is 0 Å². The van der Waals surface area contributed by atoms with Crippen LogP contribution < -0.4 is 26.4 Å². The van der Waals surface area contributed by atoms with Crippen LogP contribution in [0.1, 0.15) is 36.5 Å². The molecule has 5 N–H and O–H groups in total. The highest BCUT2D eigenvalue weighted by Crippen LogP contribution is 2.31. The lowest BCUT2D eigenvalue weighted by Gasteiger charge is -2.14. The summed E-state index contributed by atoms with van der Waals surface area (Å²) in [6.07, 6.45) is 4.56. The number of carbonyl (C=O) groups excluding carboxylic acids is 1. The van der Waals surface area contributed by atoms with E-state index in [4.69, 9.17) is 15.2 Å². The van der Waals surface area contributed by atoms with Gasteiger partial charge in [-0.25, -0.2) is 4.98 Å². The number of amides is 1. The van der Waals surface area contributed by atoms with Crippen LogP contribution >= 0.6 is 0 Å². The number of nitrogens with two attached hydrogens (primary N) is 1. The summed E-state index contributed by atoms with van der Waals surface area (Å²) in [5.74, 6) is 1.08. The average Bonchev–Trinajstić information content (AvgIpc) is 3.53. The summed E-state index contributed by atoms with van der Waals surface area (Å²) in [6.45, 7) is 3.99. The van der Waals surface area contributed by atoms with Crippen LogP contribution in [0.2, 0.25) is 0 Å². The number of anilines is 4. The Labute approximate surface area is 169 Å². The molecule has 1 aliphatic carbocycles. The predicted octanol–water partition coefficient (Wildman–Crippen LogP) is 2.49. The number of ether oxygens (including phenoxy) is 2. The molecule has 1 fully saturated rings. The molecule has 1 aliphatic heterocycles. The van der Waals surface area contributed by atoms with Gasteiger partial charge in [0.2, 0.25) is 5.95 Å². The zero-order chi connectivity index (χ0) is 20.2. The highest BCUT2D eigenvalue weighted by atomic mass is 16.5. The minimum Gasteiger partial charge on any atom is -0.489 e. The molecule has 0 spiro atoms.